The summed E-state index contributed by atoms with van der Waals surface area (Å²) in [5.74, 6) is 0. The molecule has 0 amide bonds. The number of halogens is 4. The zero-order valence-electron chi connectivity index (χ0n) is 29.7. The summed E-state index contributed by atoms with van der Waals surface area (Å²) in [7, 11) is 17.7. The van der Waals surface area contributed by atoms with Crippen LogP contribution in [-0.4, -0.2) is 12.3 Å². The van der Waals surface area contributed by atoms with E-state index in [1.807, 2.05) is 13.8 Å². The molecule has 8 heteroatoms. The van der Waals surface area contributed by atoms with Crippen molar-refractivity contribution in [1.29, 1.82) is 0 Å². The van der Waals surface area contributed by atoms with Crippen LogP contribution < -0.4 is 21.2 Å². The standard InChI is InChI=1S/C26H24P2.2C9H11.4ClH.2Cr/c1-5-13-23(14-6-1)27(24-15-7-2-8-16-24)21-22-28(25-17-9-3-10-18-25)26-19-11-4-12-20-26;2*1-8(2)7-9-5-3-4-6-9;;;;;;/h1-20H,21-22H2;2*3-6H,1,7H2,2H3;4*1H;;/q;-5;-1;;;;;2*+2/p-2. The predicted molar refractivity (Wildman–Crippen MR) is 235 cm³/mol. The van der Waals surface area contributed by atoms with Gasteiger partial charge in [0.25, 0.3) is 0 Å². The summed E-state index contributed by atoms with van der Waals surface area (Å²) in [4.78, 5) is 0. The van der Waals surface area contributed by atoms with E-state index in [2.05, 4.69) is 183 Å². The minimum absolute atomic E-state index is 0.181. The molecule has 52 heavy (non-hydrogen) atoms. The fourth-order valence-corrected chi connectivity index (χ4v) is 11.7. The summed E-state index contributed by atoms with van der Waals surface area (Å²) in [5.41, 5.74) is 5.17. The third-order valence-corrected chi connectivity index (χ3v) is 13.7. The van der Waals surface area contributed by atoms with Crippen LogP contribution in [0.2, 0.25) is 0 Å². The molecule has 0 spiro atoms. The van der Waals surface area contributed by atoms with Crippen molar-refractivity contribution in [2.24, 2.45) is 0 Å². The first-order chi connectivity index (χ1) is 25.3. The van der Waals surface area contributed by atoms with Gasteiger partial charge in [0.15, 0.2) is 0 Å². The van der Waals surface area contributed by atoms with Gasteiger partial charge in [-0.25, -0.2) is 12.1 Å². The minimum Gasteiger partial charge on any atom is -0.0620 e. The molecule has 0 bridgehead atoms. The number of rotatable bonds is 11. The number of allylic oxidation sites excluding steroid dienone is 2. The van der Waals surface area contributed by atoms with Crippen LogP contribution in [0.5, 0.6) is 0 Å². The van der Waals surface area contributed by atoms with Crippen molar-refractivity contribution in [2.75, 3.05) is 12.3 Å². The zero-order chi connectivity index (χ0) is 37.8. The quantitative estimate of drug-likeness (QED) is 0.0691. The Morgan fingerprint density at radius 3 is 1.08 bits per heavy atom. The van der Waals surface area contributed by atoms with Crippen molar-refractivity contribution < 1.29 is 26.8 Å². The van der Waals surface area contributed by atoms with Gasteiger partial charge < -0.3 is 29.8 Å². The second-order valence-electron chi connectivity index (χ2n) is 11.9. The Morgan fingerprint density at radius 2 is 0.808 bits per heavy atom. The van der Waals surface area contributed by atoms with Gasteiger partial charge in [0.05, 0.1) is 37.1 Å². The average Bonchev–Trinajstić information content (AvgIpc) is 3.87. The van der Waals surface area contributed by atoms with E-state index in [-0.39, 0.29) is 26.8 Å². The first kappa shape index (κ1) is 46.3. The van der Waals surface area contributed by atoms with E-state index in [1.54, 1.807) is 0 Å². The van der Waals surface area contributed by atoms with E-state index >= 15 is 0 Å². The smallest absolute Gasteiger partial charge is 0.0620 e. The van der Waals surface area contributed by atoms with E-state index in [0.717, 1.165) is 12.8 Å². The monoisotopic (exact) mass is 882 g/mol. The molecule has 0 aliphatic heterocycles. The second kappa shape index (κ2) is 29.5. The topological polar surface area (TPSA) is 0 Å². The molecule has 0 aliphatic rings. The van der Waals surface area contributed by atoms with Gasteiger partial charge in [-0.1, -0.05) is 84.8 Å². The molecule has 0 heterocycles. The van der Waals surface area contributed by atoms with Gasteiger partial charge in [-0.05, 0) is 62.4 Å². The Bertz CT molecular complexity index is 1510. The van der Waals surface area contributed by atoms with Crippen molar-refractivity contribution >= 4 is 77.3 Å². The molecule has 0 aromatic heterocycles. The molecule has 0 N–H and O–H groups in total. The first-order valence-electron chi connectivity index (χ1n) is 16.7. The van der Waals surface area contributed by atoms with E-state index in [9.17, 15) is 0 Å². The fraction of sp³-hybridized carbons (Fsp3) is 0.136. The molecule has 6 rings (SSSR count). The average molecular weight is 885 g/mol. The van der Waals surface area contributed by atoms with E-state index in [1.165, 1.54) is 55.8 Å². The summed E-state index contributed by atoms with van der Waals surface area (Å²) < 4.78 is 0. The number of hydrogen-bond acceptors (Lipinski definition) is 0. The molecule has 0 radical (unpaired) electrons. The van der Waals surface area contributed by atoms with E-state index in [4.69, 9.17) is 40.2 Å². The van der Waals surface area contributed by atoms with Crippen LogP contribution in [0.3, 0.4) is 0 Å². The molecule has 278 valence electrons. The maximum atomic E-state index is 4.83. The van der Waals surface area contributed by atoms with Gasteiger partial charge in [0.2, 0.25) is 0 Å². The number of benzene rings is 4. The van der Waals surface area contributed by atoms with Crippen molar-refractivity contribution in [3.05, 3.63) is 205 Å². The summed E-state index contributed by atoms with van der Waals surface area (Å²) in [6.45, 7) is 11.8. The molecule has 0 nitrogen and oxygen atoms in total. The summed E-state index contributed by atoms with van der Waals surface area (Å²) in [5, 5.41) is 6.06. The molecular formula is C44H48Cl4Cr2P2-4. The van der Waals surface area contributed by atoms with Crippen LogP contribution in [0, 0.1) is 0 Å². The molecule has 0 aliphatic carbocycles. The van der Waals surface area contributed by atoms with E-state index < -0.39 is 15.8 Å². The molecule has 6 aromatic rings. The SMILES string of the molecule is C=C(C)C[c-]1[cH-][cH-][cH-][cH-]1.C=C(C)C[c-]1cccc1.[Cl][Cr][Cl].[Cl][Cr][Cl].c1ccc([PH+](CC[PH+](c2ccccc2)c2ccccc2)c2ccccc2)cc1. The van der Waals surface area contributed by atoms with Crippen molar-refractivity contribution in [2.45, 2.75) is 26.7 Å². The zero-order valence-corrected chi connectivity index (χ0v) is 37.3. The Balaban J connectivity index is 0.000000317. The molecular weight excluding hydrogens is 836 g/mol. The van der Waals surface area contributed by atoms with Crippen LogP contribution in [-0.2, 0) is 39.6 Å². The van der Waals surface area contributed by atoms with Gasteiger partial charge in [-0.15, -0.1) is 18.7 Å². The Labute approximate surface area is 345 Å². The molecule has 0 unspecified atom stereocenters. The largest absolute Gasteiger partial charge is 0.101 e. The summed E-state index contributed by atoms with van der Waals surface area (Å²) >= 11 is -0.361. The van der Waals surface area contributed by atoms with Gasteiger partial charge in [-0.3, -0.25) is 0 Å². The van der Waals surface area contributed by atoms with Crippen LogP contribution in [0.4, 0.5) is 0 Å². The van der Waals surface area contributed by atoms with Crippen molar-refractivity contribution in [3.8, 4) is 0 Å². The third-order valence-electron chi connectivity index (χ3n) is 7.59. The van der Waals surface area contributed by atoms with E-state index in [0.29, 0.717) is 0 Å². The molecule has 0 fully saturated rings. The van der Waals surface area contributed by atoms with Crippen LogP contribution >= 0.6 is 56.0 Å². The van der Waals surface area contributed by atoms with Crippen LogP contribution in [0.15, 0.2) is 194 Å². The van der Waals surface area contributed by atoms with Crippen LogP contribution in [0.1, 0.15) is 25.0 Å². The number of hydrogen-bond donors (Lipinski definition) is 0. The predicted octanol–water partition coefficient (Wildman–Crippen LogP) is 12.5. The third kappa shape index (κ3) is 20.0. The summed E-state index contributed by atoms with van der Waals surface area (Å²) in [6, 6.07) is 61.2. The Kier molecular flexibility index (Phi) is 26.3. The summed E-state index contributed by atoms with van der Waals surface area (Å²) in [6.07, 6.45) is 4.56. The van der Waals surface area contributed by atoms with Crippen LogP contribution in [0.25, 0.3) is 0 Å². The van der Waals surface area contributed by atoms with Gasteiger partial charge in [-0.2, -0.15) is 24.1 Å². The normalized spacial score (nSPS) is 9.92. The second-order valence-corrected chi connectivity index (χ2v) is 21.3. The van der Waals surface area contributed by atoms with Crippen molar-refractivity contribution in [1.82, 2.24) is 0 Å². The Morgan fingerprint density at radius 1 is 0.519 bits per heavy atom. The maximum absolute atomic E-state index is 4.83. The van der Waals surface area contributed by atoms with Gasteiger partial charge >= 0.3 is 66.9 Å². The first-order valence-corrected chi connectivity index (χ1v) is 27.2. The van der Waals surface area contributed by atoms with Crippen molar-refractivity contribution in [3.63, 3.8) is 0 Å². The molecule has 0 saturated heterocycles. The fourth-order valence-electron chi connectivity index (χ4n) is 5.48. The molecule has 0 saturated carbocycles. The minimum atomic E-state index is -0.783. The Hall–Kier alpha value is -1.86. The van der Waals surface area contributed by atoms with Gasteiger partial charge in [0.1, 0.15) is 12.3 Å². The maximum Gasteiger partial charge on any atom is 0.101 e. The molecule has 6 aromatic carbocycles. The van der Waals surface area contributed by atoms with Gasteiger partial charge in [0, 0.05) is 0 Å². The molecule has 0 atom stereocenters.